The minimum absolute atomic E-state index is 0.285. The zero-order chi connectivity index (χ0) is 20.9. The monoisotopic (exact) mass is 410 g/mol. The molecule has 0 amide bonds. The van der Waals surface area contributed by atoms with Gasteiger partial charge >= 0.3 is 0 Å². The molecular weight excluding hydrogens is 395 g/mol. The Kier molecular flexibility index (Phi) is 3.69. The van der Waals surface area contributed by atoms with Crippen LogP contribution in [0.15, 0.2) is 61.3 Å². The van der Waals surface area contributed by atoms with Gasteiger partial charge in [0.15, 0.2) is 5.82 Å². The Hall–Kier alpha value is -4.40. The van der Waals surface area contributed by atoms with E-state index in [0.29, 0.717) is 11.5 Å². The topological polar surface area (TPSA) is 101 Å². The van der Waals surface area contributed by atoms with E-state index in [4.69, 9.17) is 4.98 Å². The number of hydrogen-bond acceptors (Lipinski definition) is 5. The molecule has 9 heteroatoms. The first-order valence-electron chi connectivity index (χ1n) is 9.59. The molecule has 6 rings (SSSR count). The van der Waals surface area contributed by atoms with Gasteiger partial charge in [-0.1, -0.05) is 12.1 Å². The zero-order valence-electron chi connectivity index (χ0n) is 16.3. The minimum atomic E-state index is -0.285. The van der Waals surface area contributed by atoms with Crippen LogP contribution in [0.1, 0.15) is 0 Å². The fraction of sp³-hybridized carbons (Fsp3) is 0.0455. The lowest BCUT2D eigenvalue weighted by molar-refractivity contribution is 0.628. The number of nitrogens with one attached hydrogen (secondary N) is 2. The van der Waals surface area contributed by atoms with E-state index in [-0.39, 0.29) is 5.82 Å². The smallest absolute Gasteiger partial charge is 0.159 e. The number of halogens is 1. The van der Waals surface area contributed by atoms with Gasteiger partial charge in [-0.05, 0) is 23.8 Å². The zero-order valence-corrected chi connectivity index (χ0v) is 16.3. The molecule has 0 aliphatic heterocycles. The van der Waals surface area contributed by atoms with E-state index in [1.165, 1.54) is 12.1 Å². The number of H-pyrrole nitrogens is 2. The first-order chi connectivity index (χ1) is 15.2. The summed E-state index contributed by atoms with van der Waals surface area (Å²) in [6.45, 7) is 0. The third kappa shape index (κ3) is 2.86. The van der Waals surface area contributed by atoms with Crippen LogP contribution in [0.4, 0.5) is 4.39 Å². The second kappa shape index (κ2) is 6.56. The van der Waals surface area contributed by atoms with Crippen molar-refractivity contribution in [1.29, 1.82) is 0 Å². The summed E-state index contributed by atoms with van der Waals surface area (Å²) in [7, 11) is 1.87. The number of rotatable bonds is 3. The third-order valence-electron chi connectivity index (χ3n) is 5.22. The van der Waals surface area contributed by atoms with Gasteiger partial charge in [0.05, 0.1) is 40.8 Å². The van der Waals surface area contributed by atoms with Crippen LogP contribution in [-0.4, -0.2) is 39.9 Å². The summed E-state index contributed by atoms with van der Waals surface area (Å²) in [5.74, 6) is 0.327. The summed E-state index contributed by atoms with van der Waals surface area (Å²) in [5.41, 5.74) is 6.38. The summed E-state index contributed by atoms with van der Waals surface area (Å²) in [4.78, 5) is 16.9. The van der Waals surface area contributed by atoms with Gasteiger partial charge in [0.25, 0.3) is 0 Å². The van der Waals surface area contributed by atoms with E-state index in [1.807, 2.05) is 19.3 Å². The van der Waals surface area contributed by atoms with Crippen LogP contribution < -0.4 is 0 Å². The quantitative estimate of drug-likeness (QED) is 0.457. The van der Waals surface area contributed by atoms with E-state index >= 15 is 0 Å². The summed E-state index contributed by atoms with van der Waals surface area (Å²) in [6.07, 6.45) is 8.89. The first kappa shape index (κ1) is 17.5. The van der Waals surface area contributed by atoms with Gasteiger partial charge in [0.1, 0.15) is 11.5 Å². The number of benzene rings is 1. The van der Waals surface area contributed by atoms with E-state index in [1.54, 1.807) is 41.6 Å². The Morgan fingerprint density at radius 3 is 2.65 bits per heavy atom. The van der Waals surface area contributed by atoms with Crippen LogP contribution in [0, 0.1) is 5.82 Å². The molecular formula is C22H15FN8. The SMILES string of the molecule is Cn1cc(-c2cc3c(-c4nc5c(-c6ccc(F)cc6)cncc5[nH]4)n[nH]c3cn2)cn1. The molecule has 2 N–H and O–H groups in total. The largest absolute Gasteiger partial charge is 0.335 e. The second-order valence-corrected chi connectivity index (χ2v) is 7.27. The van der Waals surface area contributed by atoms with E-state index < -0.39 is 0 Å². The third-order valence-corrected chi connectivity index (χ3v) is 5.22. The number of aryl methyl sites for hydroxylation is 1. The fourth-order valence-corrected chi connectivity index (χ4v) is 3.69. The number of pyridine rings is 2. The van der Waals surface area contributed by atoms with Crippen LogP contribution in [0.25, 0.3) is 55.8 Å². The predicted octanol–water partition coefficient (Wildman–Crippen LogP) is 4.10. The summed E-state index contributed by atoms with van der Waals surface area (Å²) in [6, 6.07) is 8.26. The van der Waals surface area contributed by atoms with Gasteiger partial charge in [0.2, 0.25) is 0 Å². The van der Waals surface area contributed by atoms with Gasteiger partial charge in [-0.15, -0.1) is 0 Å². The van der Waals surface area contributed by atoms with Crippen molar-refractivity contribution >= 4 is 21.9 Å². The molecule has 0 aliphatic carbocycles. The number of aromatic amines is 2. The summed E-state index contributed by atoms with van der Waals surface area (Å²) in [5, 5.41) is 12.6. The Bertz CT molecular complexity index is 1560. The highest BCUT2D eigenvalue weighted by Gasteiger charge is 2.16. The van der Waals surface area contributed by atoms with Crippen LogP contribution in [0.5, 0.6) is 0 Å². The summed E-state index contributed by atoms with van der Waals surface area (Å²) >= 11 is 0. The van der Waals surface area contributed by atoms with E-state index in [0.717, 1.165) is 44.3 Å². The molecule has 5 heterocycles. The molecule has 150 valence electrons. The second-order valence-electron chi connectivity index (χ2n) is 7.27. The Balaban J connectivity index is 1.50. The normalized spacial score (nSPS) is 11.5. The maximum atomic E-state index is 13.4. The number of nitrogens with zero attached hydrogens (tertiary/aromatic N) is 6. The van der Waals surface area contributed by atoms with Gasteiger partial charge in [-0.25, -0.2) is 9.37 Å². The highest BCUT2D eigenvalue weighted by Crippen LogP contribution is 2.32. The maximum absolute atomic E-state index is 13.4. The van der Waals surface area contributed by atoms with Crippen LogP contribution in [-0.2, 0) is 7.05 Å². The van der Waals surface area contributed by atoms with Crippen LogP contribution >= 0.6 is 0 Å². The Morgan fingerprint density at radius 2 is 1.84 bits per heavy atom. The lowest BCUT2D eigenvalue weighted by Gasteiger charge is -2.01. The number of hydrogen-bond donors (Lipinski definition) is 2. The lowest BCUT2D eigenvalue weighted by atomic mass is 10.1. The minimum Gasteiger partial charge on any atom is -0.335 e. The van der Waals surface area contributed by atoms with Gasteiger partial charge in [0, 0.05) is 36.0 Å². The number of imidazole rings is 1. The molecule has 0 radical (unpaired) electrons. The van der Waals surface area contributed by atoms with Crippen LogP contribution in [0.3, 0.4) is 0 Å². The van der Waals surface area contributed by atoms with E-state index in [9.17, 15) is 4.39 Å². The van der Waals surface area contributed by atoms with Crippen molar-refractivity contribution in [2.45, 2.75) is 0 Å². The molecule has 0 bridgehead atoms. The van der Waals surface area contributed by atoms with E-state index in [2.05, 4.69) is 30.2 Å². The standard InChI is InChI=1S/C22H15FN8/c1-31-11-13(7-26-31)17-6-15-18(10-25-17)29-30-21(15)22-27-19-9-24-8-16(20(19)28-22)12-2-4-14(23)5-3-12/h2-11H,1H3,(H,27,28)(H,29,30). The Labute approximate surface area is 174 Å². The average Bonchev–Trinajstić information content (AvgIpc) is 3.51. The summed E-state index contributed by atoms with van der Waals surface area (Å²) < 4.78 is 15.1. The number of fused-ring (bicyclic) bond motifs is 2. The molecule has 0 fully saturated rings. The van der Waals surface area contributed by atoms with Crippen molar-refractivity contribution in [2.75, 3.05) is 0 Å². The predicted molar refractivity (Wildman–Crippen MR) is 114 cm³/mol. The van der Waals surface area contributed by atoms with Gasteiger partial charge < -0.3 is 4.98 Å². The van der Waals surface area contributed by atoms with Crippen molar-refractivity contribution in [1.82, 2.24) is 39.9 Å². The van der Waals surface area contributed by atoms with Crippen molar-refractivity contribution in [2.24, 2.45) is 7.05 Å². The van der Waals surface area contributed by atoms with Gasteiger partial charge in [-0.2, -0.15) is 10.2 Å². The Morgan fingerprint density at radius 1 is 0.968 bits per heavy atom. The van der Waals surface area contributed by atoms with Crippen LogP contribution in [0.2, 0.25) is 0 Å². The van der Waals surface area contributed by atoms with Crippen molar-refractivity contribution in [3.05, 3.63) is 67.1 Å². The van der Waals surface area contributed by atoms with Crippen molar-refractivity contribution in [3.8, 4) is 33.9 Å². The molecule has 1 aromatic carbocycles. The lowest BCUT2D eigenvalue weighted by Crippen LogP contribution is -1.85. The molecule has 0 spiro atoms. The molecule has 0 atom stereocenters. The first-order valence-corrected chi connectivity index (χ1v) is 9.59. The van der Waals surface area contributed by atoms with Crippen molar-refractivity contribution in [3.63, 3.8) is 0 Å². The maximum Gasteiger partial charge on any atom is 0.159 e. The van der Waals surface area contributed by atoms with Crippen molar-refractivity contribution < 1.29 is 4.39 Å². The fourth-order valence-electron chi connectivity index (χ4n) is 3.69. The molecule has 0 saturated carbocycles. The molecule has 0 saturated heterocycles. The molecule has 6 aromatic rings. The highest BCUT2D eigenvalue weighted by atomic mass is 19.1. The molecule has 8 nitrogen and oxygen atoms in total. The number of aromatic nitrogens is 8. The highest BCUT2D eigenvalue weighted by molar-refractivity contribution is 5.97. The molecule has 0 aliphatic rings. The molecule has 31 heavy (non-hydrogen) atoms. The van der Waals surface area contributed by atoms with Gasteiger partial charge in [-0.3, -0.25) is 19.7 Å². The average molecular weight is 410 g/mol. The molecule has 0 unspecified atom stereocenters. The molecule has 5 aromatic heterocycles.